The monoisotopic (exact) mass is 357 g/mol. The minimum atomic E-state index is -3.32. The molecule has 0 fully saturated rings. The third kappa shape index (κ3) is 3.83. The van der Waals surface area contributed by atoms with Crippen LogP contribution in [0, 0.1) is 6.92 Å². The standard InChI is InChI=1S/C13H16BrN3O2S/c1-3-20(18,19)16-13-12(14)9-17(15-13)8-11-6-4-10(2)5-7-11/h4-7,9H,3,8H2,1-2H3,(H,15,16). The van der Waals surface area contributed by atoms with Gasteiger partial charge in [-0.1, -0.05) is 29.8 Å². The summed E-state index contributed by atoms with van der Waals surface area (Å²) in [5, 5.41) is 4.24. The molecule has 0 atom stereocenters. The first-order valence-electron chi connectivity index (χ1n) is 6.18. The lowest BCUT2D eigenvalue weighted by Gasteiger charge is -2.03. The van der Waals surface area contributed by atoms with E-state index in [1.807, 2.05) is 31.2 Å². The summed E-state index contributed by atoms with van der Waals surface area (Å²) < 4.78 is 27.9. The zero-order valence-corrected chi connectivity index (χ0v) is 13.7. The van der Waals surface area contributed by atoms with E-state index in [9.17, 15) is 8.42 Å². The predicted molar refractivity (Wildman–Crippen MR) is 83.3 cm³/mol. The van der Waals surface area contributed by atoms with Gasteiger partial charge in [-0.3, -0.25) is 9.40 Å². The topological polar surface area (TPSA) is 64.0 Å². The van der Waals surface area contributed by atoms with E-state index < -0.39 is 10.0 Å². The number of aromatic nitrogens is 2. The molecule has 5 nitrogen and oxygen atoms in total. The first kappa shape index (κ1) is 15.1. The smallest absolute Gasteiger partial charge is 0.233 e. The van der Waals surface area contributed by atoms with Crippen molar-refractivity contribution in [2.24, 2.45) is 0 Å². The van der Waals surface area contributed by atoms with Gasteiger partial charge in [-0.2, -0.15) is 5.10 Å². The van der Waals surface area contributed by atoms with Gasteiger partial charge >= 0.3 is 0 Å². The first-order valence-corrected chi connectivity index (χ1v) is 8.63. The Morgan fingerprint density at radius 1 is 1.30 bits per heavy atom. The van der Waals surface area contributed by atoms with Crippen LogP contribution in [0.25, 0.3) is 0 Å². The third-order valence-corrected chi connectivity index (χ3v) is 4.66. The van der Waals surface area contributed by atoms with Gasteiger partial charge in [0, 0.05) is 6.20 Å². The summed E-state index contributed by atoms with van der Waals surface area (Å²) in [5.74, 6) is 0.337. The van der Waals surface area contributed by atoms with Crippen molar-refractivity contribution in [1.82, 2.24) is 9.78 Å². The Morgan fingerprint density at radius 2 is 1.95 bits per heavy atom. The average Bonchev–Trinajstić information content (AvgIpc) is 2.72. The Balaban J connectivity index is 2.17. The molecule has 7 heteroatoms. The predicted octanol–water partition coefficient (Wildman–Crippen LogP) is 2.76. The van der Waals surface area contributed by atoms with Crippen molar-refractivity contribution in [3.05, 3.63) is 46.1 Å². The molecule has 1 heterocycles. The normalized spacial score (nSPS) is 11.6. The Bertz CT molecular complexity index is 693. The highest BCUT2D eigenvalue weighted by molar-refractivity contribution is 9.10. The molecule has 0 saturated carbocycles. The molecule has 0 aliphatic carbocycles. The number of aryl methyl sites for hydroxylation is 1. The largest absolute Gasteiger partial charge is 0.265 e. The van der Waals surface area contributed by atoms with Crippen molar-refractivity contribution in [3.63, 3.8) is 0 Å². The lowest BCUT2D eigenvalue weighted by Crippen LogP contribution is -2.15. The molecular formula is C13H16BrN3O2S. The zero-order chi connectivity index (χ0) is 14.8. The maximum atomic E-state index is 11.5. The summed E-state index contributed by atoms with van der Waals surface area (Å²) in [5.41, 5.74) is 2.31. The Kier molecular flexibility index (Phi) is 4.49. The van der Waals surface area contributed by atoms with Crippen LogP contribution in [0.5, 0.6) is 0 Å². The molecule has 0 amide bonds. The van der Waals surface area contributed by atoms with Crippen molar-refractivity contribution in [3.8, 4) is 0 Å². The number of sulfonamides is 1. The molecule has 0 aliphatic heterocycles. The molecule has 2 aromatic rings. The number of hydrogen-bond donors (Lipinski definition) is 1. The summed E-state index contributed by atoms with van der Waals surface area (Å²) in [6.45, 7) is 4.21. The maximum Gasteiger partial charge on any atom is 0.233 e. The van der Waals surface area contributed by atoms with Crippen LogP contribution in [-0.2, 0) is 16.6 Å². The van der Waals surface area contributed by atoms with E-state index in [2.05, 4.69) is 25.8 Å². The van der Waals surface area contributed by atoms with Gasteiger partial charge in [-0.25, -0.2) is 8.42 Å². The van der Waals surface area contributed by atoms with Crippen molar-refractivity contribution in [1.29, 1.82) is 0 Å². The Labute approximate surface area is 127 Å². The number of hydrogen-bond acceptors (Lipinski definition) is 3. The number of nitrogens with one attached hydrogen (secondary N) is 1. The van der Waals surface area contributed by atoms with Crippen molar-refractivity contribution < 1.29 is 8.42 Å². The van der Waals surface area contributed by atoms with Crippen LogP contribution in [0.4, 0.5) is 5.82 Å². The molecular weight excluding hydrogens is 342 g/mol. The minimum absolute atomic E-state index is 0.0181. The average molecular weight is 358 g/mol. The van der Waals surface area contributed by atoms with Gasteiger partial charge in [0.05, 0.1) is 16.8 Å². The van der Waals surface area contributed by atoms with Gasteiger partial charge < -0.3 is 0 Å². The quantitative estimate of drug-likeness (QED) is 0.894. The molecule has 1 aromatic heterocycles. The number of nitrogens with zero attached hydrogens (tertiary/aromatic N) is 2. The lowest BCUT2D eigenvalue weighted by atomic mass is 10.1. The summed E-state index contributed by atoms with van der Waals surface area (Å²) in [6.07, 6.45) is 1.76. The van der Waals surface area contributed by atoms with Crippen LogP contribution >= 0.6 is 15.9 Å². The lowest BCUT2D eigenvalue weighted by molar-refractivity contribution is 0.601. The summed E-state index contributed by atoms with van der Waals surface area (Å²) >= 11 is 3.31. The highest BCUT2D eigenvalue weighted by Gasteiger charge is 2.13. The number of halogens is 1. The highest BCUT2D eigenvalue weighted by Crippen LogP contribution is 2.21. The molecule has 108 valence electrons. The van der Waals surface area contributed by atoms with E-state index in [0.29, 0.717) is 16.8 Å². The molecule has 0 unspecified atom stereocenters. The van der Waals surface area contributed by atoms with E-state index in [1.54, 1.807) is 17.8 Å². The van der Waals surface area contributed by atoms with E-state index in [4.69, 9.17) is 0 Å². The number of rotatable bonds is 5. The second-order valence-corrected chi connectivity index (χ2v) is 7.38. The van der Waals surface area contributed by atoms with Gasteiger partial charge in [0.1, 0.15) is 0 Å². The first-order chi connectivity index (χ1) is 9.39. The molecule has 1 N–H and O–H groups in total. The van der Waals surface area contributed by atoms with Gasteiger partial charge in [0.2, 0.25) is 10.0 Å². The van der Waals surface area contributed by atoms with Crippen LogP contribution in [0.3, 0.4) is 0 Å². The fourth-order valence-electron chi connectivity index (χ4n) is 1.65. The number of anilines is 1. The molecule has 0 aliphatic rings. The van der Waals surface area contributed by atoms with E-state index in [0.717, 1.165) is 5.56 Å². The third-order valence-electron chi connectivity index (χ3n) is 2.81. The van der Waals surface area contributed by atoms with E-state index >= 15 is 0 Å². The second-order valence-electron chi connectivity index (χ2n) is 4.51. The molecule has 0 saturated heterocycles. The fraction of sp³-hybridized carbons (Fsp3) is 0.308. The molecule has 1 aromatic carbocycles. The fourth-order valence-corrected chi connectivity index (χ4v) is 2.78. The molecule has 2 rings (SSSR count). The highest BCUT2D eigenvalue weighted by atomic mass is 79.9. The van der Waals surface area contributed by atoms with Crippen LogP contribution in [-0.4, -0.2) is 24.0 Å². The van der Waals surface area contributed by atoms with Gasteiger partial charge in [-0.15, -0.1) is 0 Å². The molecule has 0 spiro atoms. The van der Waals surface area contributed by atoms with Crippen LogP contribution in [0.1, 0.15) is 18.1 Å². The van der Waals surface area contributed by atoms with Gasteiger partial charge in [-0.05, 0) is 35.3 Å². The van der Waals surface area contributed by atoms with E-state index in [1.165, 1.54) is 5.56 Å². The van der Waals surface area contributed by atoms with Crippen LogP contribution < -0.4 is 4.72 Å². The van der Waals surface area contributed by atoms with Crippen LogP contribution in [0.2, 0.25) is 0 Å². The van der Waals surface area contributed by atoms with Gasteiger partial charge in [0.15, 0.2) is 5.82 Å². The molecule has 0 radical (unpaired) electrons. The van der Waals surface area contributed by atoms with E-state index in [-0.39, 0.29) is 5.75 Å². The van der Waals surface area contributed by atoms with Crippen molar-refractivity contribution in [2.45, 2.75) is 20.4 Å². The summed E-state index contributed by atoms with van der Waals surface area (Å²) in [7, 11) is -3.32. The SMILES string of the molecule is CCS(=O)(=O)Nc1nn(Cc2ccc(C)cc2)cc1Br. The van der Waals surface area contributed by atoms with Crippen molar-refractivity contribution in [2.75, 3.05) is 10.5 Å². The maximum absolute atomic E-state index is 11.5. The Morgan fingerprint density at radius 3 is 2.55 bits per heavy atom. The van der Waals surface area contributed by atoms with Gasteiger partial charge in [0.25, 0.3) is 0 Å². The molecule has 0 bridgehead atoms. The Hall–Kier alpha value is -1.34. The van der Waals surface area contributed by atoms with Crippen molar-refractivity contribution >= 4 is 31.8 Å². The number of benzene rings is 1. The summed E-state index contributed by atoms with van der Waals surface area (Å²) in [6, 6.07) is 8.13. The zero-order valence-electron chi connectivity index (χ0n) is 11.3. The summed E-state index contributed by atoms with van der Waals surface area (Å²) in [4.78, 5) is 0. The minimum Gasteiger partial charge on any atom is -0.265 e. The van der Waals surface area contributed by atoms with Crippen LogP contribution in [0.15, 0.2) is 34.9 Å². The second kappa shape index (κ2) is 5.97. The molecule has 20 heavy (non-hydrogen) atoms.